The quantitative estimate of drug-likeness (QED) is 0.330. The van der Waals surface area contributed by atoms with Crippen LogP contribution >= 0.6 is 11.6 Å². The zero-order valence-electron chi connectivity index (χ0n) is 22.1. The van der Waals surface area contributed by atoms with Gasteiger partial charge in [-0.25, -0.2) is 14.8 Å². The fourth-order valence-corrected chi connectivity index (χ4v) is 6.04. The van der Waals surface area contributed by atoms with Crippen LogP contribution in [0.15, 0.2) is 46.2 Å². The Balaban J connectivity index is 1.59. The largest absolute Gasteiger partial charge is 0.439 e. The predicted octanol–water partition coefficient (Wildman–Crippen LogP) is 5.10. The van der Waals surface area contributed by atoms with Gasteiger partial charge in [-0.15, -0.1) is 6.58 Å². The van der Waals surface area contributed by atoms with E-state index < -0.39 is 5.76 Å². The zero-order chi connectivity index (χ0) is 27.1. The average molecular weight is 550 g/mol. The molecule has 2 aliphatic rings. The molecule has 0 spiro atoms. The summed E-state index contributed by atoms with van der Waals surface area (Å²) in [5.41, 5.74) is 2.82. The van der Waals surface area contributed by atoms with E-state index in [9.17, 15) is 4.79 Å². The minimum Gasteiger partial charge on any atom is -0.374 e. The van der Waals surface area contributed by atoms with Crippen molar-refractivity contribution in [3.8, 4) is 22.9 Å². The van der Waals surface area contributed by atoms with Crippen molar-refractivity contribution in [2.45, 2.75) is 58.2 Å². The van der Waals surface area contributed by atoms with Crippen LogP contribution in [0.5, 0.6) is 0 Å². The van der Waals surface area contributed by atoms with Crippen LogP contribution in [0.25, 0.3) is 34.1 Å². The van der Waals surface area contributed by atoms with Crippen molar-refractivity contribution >= 4 is 28.7 Å². The second-order valence-electron chi connectivity index (χ2n) is 10.7. The summed E-state index contributed by atoms with van der Waals surface area (Å²) in [6.07, 6.45) is 6.65. The normalized spacial score (nSPS) is 23.8. The van der Waals surface area contributed by atoms with Crippen molar-refractivity contribution in [1.82, 2.24) is 29.7 Å². The first-order chi connectivity index (χ1) is 18.9. The molecule has 2 fully saturated rings. The third kappa shape index (κ3) is 4.98. The molecule has 2 unspecified atom stereocenters. The van der Waals surface area contributed by atoms with Crippen LogP contribution in [-0.2, 0) is 11.3 Å². The molecule has 0 bridgehead atoms. The molecule has 39 heavy (non-hydrogen) atoms. The molecule has 4 heterocycles. The summed E-state index contributed by atoms with van der Waals surface area (Å²) >= 11 is 6.42. The zero-order valence-corrected chi connectivity index (χ0v) is 22.9. The smallest absolute Gasteiger partial charge is 0.374 e. The Labute approximate surface area is 231 Å². The molecule has 4 aromatic rings. The highest BCUT2D eigenvalue weighted by molar-refractivity contribution is 6.30. The summed E-state index contributed by atoms with van der Waals surface area (Å²) in [4.78, 5) is 31.3. The van der Waals surface area contributed by atoms with Crippen molar-refractivity contribution in [3.63, 3.8) is 0 Å². The number of H-pyrrole nitrogens is 1. The summed E-state index contributed by atoms with van der Waals surface area (Å²) in [5.74, 6) is 1.77. The second-order valence-corrected chi connectivity index (χ2v) is 11.1. The van der Waals surface area contributed by atoms with E-state index in [2.05, 4.69) is 40.0 Å². The number of hydrogen-bond donors (Lipinski definition) is 1. The van der Waals surface area contributed by atoms with E-state index in [0.717, 1.165) is 42.3 Å². The molecule has 2 atom stereocenters. The number of aromatic nitrogens is 6. The molecule has 0 radical (unpaired) electrons. The molecule has 1 aliphatic heterocycles. The topological polar surface area (TPSA) is 115 Å². The van der Waals surface area contributed by atoms with Gasteiger partial charge in [0.2, 0.25) is 17.6 Å². The lowest BCUT2D eigenvalue weighted by molar-refractivity contribution is 0.0345. The number of benzene rings is 1. The molecule has 1 aliphatic carbocycles. The highest BCUT2D eigenvalue weighted by atomic mass is 35.5. The Morgan fingerprint density at radius 2 is 2.00 bits per heavy atom. The number of nitrogens with zero attached hydrogens (tertiary/aromatic N) is 6. The highest BCUT2D eigenvalue weighted by Gasteiger charge is 2.33. The van der Waals surface area contributed by atoms with E-state index in [4.69, 9.17) is 35.8 Å². The van der Waals surface area contributed by atoms with Gasteiger partial charge in [0.25, 0.3) is 0 Å². The molecule has 1 N–H and O–H groups in total. The van der Waals surface area contributed by atoms with E-state index in [1.165, 1.54) is 12.8 Å². The van der Waals surface area contributed by atoms with Crippen LogP contribution in [0.2, 0.25) is 5.02 Å². The summed E-state index contributed by atoms with van der Waals surface area (Å²) < 4.78 is 13.0. The van der Waals surface area contributed by atoms with Gasteiger partial charge in [0.15, 0.2) is 5.65 Å². The number of nitrogens with one attached hydrogen (secondary N) is 1. The lowest BCUT2D eigenvalue weighted by Crippen LogP contribution is -2.50. The number of ether oxygens (including phenoxy) is 1. The van der Waals surface area contributed by atoms with Crippen LogP contribution in [0.4, 0.5) is 5.95 Å². The number of imidazole rings is 1. The predicted molar refractivity (Wildman–Crippen MR) is 150 cm³/mol. The van der Waals surface area contributed by atoms with E-state index in [1.807, 2.05) is 30.3 Å². The Kier molecular flexibility index (Phi) is 6.99. The van der Waals surface area contributed by atoms with Gasteiger partial charge < -0.3 is 14.2 Å². The minimum absolute atomic E-state index is 0.0331. The van der Waals surface area contributed by atoms with Gasteiger partial charge in [0.05, 0.1) is 18.8 Å². The van der Waals surface area contributed by atoms with Crippen molar-refractivity contribution in [3.05, 3.63) is 52.5 Å². The number of rotatable bonds is 6. The molecule has 1 aromatic carbocycles. The first-order valence-corrected chi connectivity index (χ1v) is 13.9. The third-order valence-corrected chi connectivity index (χ3v) is 8.20. The lowest BCUT2D eigenvalue weighted by atomic mass is 9.83. The van der Waals surface area contributed by atoms with Gasteiger partial charge in [0.1, 0.15) is 11.2 Å². The maximum absolute atomic E-state index is 11.7. The van der Waals surface area contributed by atoms with Gasteiger partial charge in [-0.1, -0.05) is 54.7 Å². The molecule has 204 valence electrons. The van der Waals surface area contributed by atoms with Crippen LogP contribution in [0.1, 0.15) is 39.5 Å². The van der Waals surface area contributed by atoms with Crippen LogP contribution in [-0.4, -0.2) is 55.0 Å². The van der Waals surface area contributed by atoms with Crippen molar-refractivity contribution in [1.29, 1.82) is 0 Å². The Morgan fingerprint density at radius 3 is 2.72 bits per heavy atom. The van der Waals surface area contributed by atoms with E-state index in [0.29, 0.717) is 35.4 Å². The Morgan fingerprint density at radius 1 is 1.18 bits per heavy atom. The van der Waals surface area contributed by atoms with E-state index in [-0.39, 0.29) is 23.8 Å². The maximum Gasteiger partial charge on any atom is 0.439 e. The van der Waals surface area contributed by atoms with E-state index in [1.54, 1.807) is 0 Å². The van der Waals surface area contributed by atoms with Crippen LogP contribution < -0.4 is 10.7 Å². The van der Waals surface area contributed by atoms with Gasteiger partial charge in [-0.05, 0) is 43.7 Å². The number of hydrogen-bond acceptors (Lipinski definition) is 8. The molecule has 0 amide bonds. The monoisotopic (exact) mass is 549 g/mol. The number of anilines is 1. The first kappa shape index (κ1) is 25.8. The molecular weight excluding hydrogens is 518 g/mol. The third-order valence-electron chi connectivity index (χ3n) is 7.96. The summed E-state index contributed by atoms with van der Waals surface area (Å²) in [6, 6.07) is 7.52. The molecule has 1 saturated heterocycles. The minimum atomic E-state index is -0.674. The van der Waals surface area contributed by atoms with Crippen molar-refractivity contribution in [2.24, 2.45) is 11.8 Å². The standard InChI is InChI=1S/C28H32ClN7O3/c1-4-21-17(3)38-13-12-35(21)27-32-24-23(36(27)15-18-10-8-16(2)9-11-18)22(19-6-5-7-20(29)14-19)30-25(31-24)26-33-28(37)39-34-26/h4-7,14,16-18,21H,1,8-13,15H2,2-3H3,(H,33,34,37). The van der Waals surface area contributed by atoms with Gasteiger partial charge in [-0.2, -0.15) is 4.98 Å². The lowest BCUT2D eigenvalue weighted by Gasteiger charge is -2.39. The summed E-state index contributed by atoms with van der Waals surface area (Å²) in [5, 5.41) is 4.43. The van der Waals surface area contributed by atoms with Crippen molar-refractivity contribution < 1.29 is 9.26 Å². The van der Waals surface area contributed by atoms with Crippen LogP contribution in [0, 0.1) is 11.8 Å². The van der Waals surface area contributed by atoms with E-state index >= 15 is 0 Å². The SMILES string of the molecule is C=CC1C(C)OCCN1c1nc2nc(-c3noc(=O)[nH]3)nc(-c3cccc(Cl)c3)c2n1CC1CCC(C)CC1. The van der Waals surface area contributed by atoms with Gasteiger partial charge in [-0.3, -0.25) is 9.51 Å². The fourth-order valence-electron chi connectivity index (χ4n) is 5.85. The number of halogens is 1. The Bertz CT molecular complexity index is 1550. The molecule has 10 nitrogen and oxygen atoms in total. The van der Waals surface area contributed by atoms with Gasteiger partial charge >= 0.3 is 5.76 Å². The number of aromatic amines is 1. The van der Waals surface area contributed by atoms with Gasteiger partial charge in [0, 0.05) is 23.7 Å². The number of morpholine rings is 1. The first-order valence-electron chi connectivity index (χ1n) is 13.5. The molecule has 6 rings (SSSR count). The Hall–Kier alpha value is -3.50. The highest BCUT2D eigenvalue weighted by Crippen LogP contribution is 2.37. The maximum atomic E-state index is 11.7. The summed E-state index contributed by atoms with van der Waals surface area (Å²) in [6.45, 7) is 10.6. The molecule has 3 aromatic heterocycles. The average Bonchev–Trinajstić information content (AvgIpc) is 3.53. The van der Waals surface area contributed by atoms with Crippen molar-refractivity contribution in [2.75, 3.05) is 18.1 Å². The molecular formula is C28H32ClN7O3. The number of fused-ring (bicyclic) bond motifs is 1. The second kappa shape index (κ2) is 10.6. The molecule has 11 heteroatoms. The summed E-state index contributed by atoms with van der Waals surface area (Å²) in [7, 11) is 0. The van der Waals surface area contributed by atoms with Crippen LogP contribution in [0.3, 0.4) is 0 Å². The molecule has 1 saturated carbocycles. The fraction of sp³-hybridized carbons (Fsp3) is 0.464.